The minimum atomic E-state index is -0.945. The average molecular weight is 615 g/mol. The number of pyridine rings is 1. The molecule has 5 aromatic rings. The van der Waals surface area contributed by atoms with Gasteiger partial charge in [0.15, 0.2) is 0 Å². The topological polar surface area (TPSA) is 115 Å². The van der Waals surface area contributed by atoms with Gasteiger partial charge < -0.3 is 15.8 Å². The van der Waals surface area contributed by atoms with E-state index in [2.05, 4.69) is 15.2 Å². The van der Waals surface area contributed by atoms with Crippen molar-refractivity contribution in [2.24, 2.45) is 5.73 Å². The number of carbonyl (C=O) groups excluding carboxylic acids is 2. The largest absolute Gasteiger partial charge is 0.379 e. The number of morpholine rings is 1. The Kier molecular flexibility index (Phi) is 8.58. The molecule has 0 radical (unpaired) electrons. The van der Waals surface area contributed by atoms with Crippen molar-refractivity contribution in [3.05, 3.63) is 119 Å². The van der Waals surface area contributed by atoms with Crippen molar-refractivity contribution in [3.63, 3.8) is 0 Å². The van der Waals surface area contributed by atoms with Gasteiger partial charge in [0.2, 0.25) is 0 Å². The molecule has 9 nitrogen and oxygen atoms in total. The van der Waals surface area contributed by atoms with Crippen molar-refractivity contribution >= 4 is 23.0 Å². The number of hydrogen-bond donors (Lipinski definition) is 2. The van der Waals surface area contributed by atoms with Crippen LogP contribution in [0, 0.1) is 17.5 Å². The van der Waals surface area contributed by atoms with Crippen LogP contribution in [-0.4, -0.2) is 57.7 Å². The molecule has 230 valence electrons. The highest BCUT2D eigenvalue weighted by Gasteiger charge is 2.26. The van der Waals surface area contributed by atoms with Gasteiger partial charge in [0, 0.05) is 30.9 Å². The van der Waals surface area contributed by atoms with E-state index in [1.165, 1.54) is 35.0 Å². The Balaban J connectivity index is 1.43. The lowest BCUT2D eigenvalue weighted by Crippen LogP contribution is -2.39. The zero-order valence-corrected chi connectivity index (χ0v) is 24.1. The highest BCUT2D eigenvalue weighted by atomic mass is 19.1. The maximum Gasteiger partial charge on any atom is 0.328 e. The number of rotatable bonds is 8. The van der Waals surface area contributed by atoms with E-state index in [0.29, 0.717) is 66.5 Å². The molecule has 1 fully saturated rings. The minimum absolute atomic E-state index is 0.0419. The lowest BCUT2D eigenvalue weighted by molar-refractivity contribution is 0.0329. The second-order valence-corrected chi connectivity index (χ2v) is 10.7. The molecule has 12 heteroatoms. The summed E-state index contributed by atoms with van der Waals surface area (Å²) in [5, 5.41) is 3.02. The van der Waals surface area contributed by atoms with Gasteiger partial charge in [-0.3, -0.25) is 14.7 Å². The number of ether oxygens (including phenoxy) is 1. The Morgan fingerprint density at radius 1 is 0.956 bits per heavy atom. The number of imidazole rings is 1. The first kappa shape index (κ1) is 30.0. The van der Waals surface area contributed by atoms with Gasteiger partial charge in [0.25, 0.3) is 5.91 Å². The van der Waals surface area contributed by atoms with Crippen LogP contribution < -0.4 is 11.1 Å². The molecule has 1 aliphatic rings. The minimum Gasteiger partial charge on any atom is -0.379 e. The molecule has 3 heterocycles. The number of nitrogens with zero attached hydrogens (tertiary/aromatic N) is 4. The van der Waals surface area contributed by atoms with E-state index < -0.39 is 35.4 Å². The Hall–Kier alpha value is -5.07. The maximum absolute atomic E-state index is 14.4. The molecule has 0 bridgehead atoms. The van der Waals surface area contributed by atoms with E-state index in [4.69, 9.17) is 15.5 Å². The van der Waals surface area contributed by atoms with Gasteiger partial charge in [0.05, 0.1) is 48.1 Å². The van der Waals surface area contributed by atoms with Gasteiger partial charge in [-0.05, 0) is 60.0 Å². The summed E-state index contributed by atoms with van der Waals surface area (Å²) in [6.45, 7) is 2.90. The van der Waals surface area contributed by atoms with Gasteiger partial charge >= 0.3 is 6.03 Å². The summed E-state index contributed by atoms with van der Waals surface area (Å²) in [6, 6.07) is 16.2. The second kappa shape index (κ2) is 12.9. The third-order valence-electron chi connectivity index (χ3n) is 7.67. The number of amides is 2. The zero-order valence-electron chi connectivity index (χ0n) is 24.1. The number of carbonyl (C=O) groups is 2. The molecule has 1 atom stereocenters. The standard InChI is InChI=1S/C33H29F3N6O3/c34-22-14-20(15-23(35)18-22)16-28(31-24(4-3-9-38-31)21-7-8-26(36)25(17-21)32(37)43)40-33(44)42-29-6-2-1-5-27(29)39-30(42)19-41-10-12-45-13-11-41/h1-9,14-15,17-18,28H,10-13,16,19H2,(H2,37,43)(H,40,44)/t28-/m0/s1. The summed E-state index contributed by atoms with van der Waals surface area (Å²) in [5.74, 6) is -2.75. The molecule has 0 aliphatic carbocycles. The Morgan fingerprint density at radius 3 is 2.47 bits per heavy atom. The third kappa shape index (κ3) is 6.56. The van der Waals surface area contributed by atoms with Gasteiger partial charge in [0.1, 0.15) is 23.3 Å². The van der Waals surface area contributed by atoms with Crippen molar-refractivity contribution in [3.8, 4) is 11.1 Å². The summed E-state index contributed by atoms with van der Waals surface area (Å²) in [5.41, 5.74) is 7.78. The van der Waals surface area contributed by atoms with Crippen molar-refractivity contribution in [2.45, 2.75) is 19.0 Å². The highest BCUT2D eigenvalue weighted by molar-refractivity contribution is 5.94. The molecular weight excluding hydrogens is 585 g/mol. The number of para-hydroxylation sites is 2. The predicted octanol–water partition coefficient (Wildman–Crippen LogP) is 4.99. The SMILES string of the molecule is NC(=O)c1cc(-c2cccnc2[C@H](Cc2cc(F)cc(F)c2)NC(=O)n2c(CN3CCOCC3)nc3ccccc32)ccc1F. The summed E-state index contributed by atoms with van der Waals surface area (Å²) >= 11 is 0. The third-order valence-corrected chi connectivity index (χ3v) is 7.67. The normalized spacial score (nSPS) is 14.4. The van der Waals surface area contributed by atoms with E-state index in [1.807, 2.05) is 12.1 Å². The molecule has 3 N–H and O–H groups in total. The van der Waals surface area contributed by atoms with Crippen LogP contribution in [0.15, 0.2) is 79.0 Å². The van der Waals surface area contributed by atoms with E-state index in [1.54, 1.807) is 24.3 Å². The van der Waals surface area contributed by atoms with Crippen molar-refractivity contribution in [2.75, 3.05) is 26.3 Å². The molecule has 3 aromatic carbocycles. The number of aromatic nitrogens is 3. The Morgan fingerprint density at radius 2 is 1.71 bits per heavy atom. The van der Waals surface area contributed by atoms with Gasteiger partial charge in [-0.2, -0.15) is 0 Å². The number of halogens is 3. The van der Waals surface area contributed by atoms with E-state index in [-0.39, 0.29) is 17.5 Å². The summed E-state index contributed by atoms with van der Waals surface area (Å²) in [6.07, 6.45) is 1.47. The molecule has 0 spiro atoms. The first-order valence-corrected chi connectivity index (χ1v) is 14.3. The number of benzene rings is 3. The van der Waals surface area contributed by atoms with Gasteiger partial charge in [-0.15, -0.1) is 0 Å². The fraction of sp³-hybridized carbons (Fsp3) is 0.212. The molecule has 45 heavy (non-hydrogen) atoms. The molecule has 0 unspecified atom stereocenters. The van der Waals surface area contributed by atoms with Crippen LogP contribution in [0.1, 0.15) is 33.5 Å². The van der Waals surface area contributed by atoms with Crippen LogP contribution in [0.4, 0.5) is 18.0 Å². The van der Waals surface area contributed by atoms with Crippen molar-refractivity contribution in [1.82, 2.24) is 24.8 Å². The fourth-order valence-electron chi connectivity index (χ4n) is 5.58. The van der Waals surface area contributed by atoms with E-state index >= 15 is 0 Å². The fourth-order valence-corrected chi connectivity index (χ4v) is 5.58. The number of nitrogens with two attached hydrogens (primary N) is 1. The second-order valence-electron chi connectivity index (χ2n) is 10.7. The number of hydrogen-bond acceptors (Lipinski definition) is 6. The number of fused-ring (bicyclic) bond motifs is 1. The van der Waals surface area contributed by atoms with Crippen molar-refractivity contribution in [1.29, 1.82) is 0 Å². The van der Waals surface area contributed by atoms with Crippen LogP contribution in [0.2, 0.25) is 0 Å². The first-order chi connectivity index (χ1) is 21.8. The van der Waals surface area contributed by atoms with Crippen LogP contribution >= 0.6 is 0 Å². The molecule has 6 rings (SSSR count). The monoisotopic (exact) mass is 614 g/mol. The lowest BCUT2D eigenvalue weighted by Gasteiger charge is -2.26. The Labute approximate surface area is 256 Å². The quantitative estimate of drug-likeness (QED) is 0.255. The lowest BCUT2D eigenvalue weighted by atomic mass is 9.94. The van der Waals surface area contributed by atoms with Crippen molar-refractivity contribution < 1.29 is 27.5 Å². The molecule has 0 saturated carbocycles. The first-order valence-electron chi connectivity index (χ1n) is 14.3. The van der Waals surface area contributed by atoms with Crippen LogP contribution in [0.3, 0.4) is 0 Å². The zero-order chi connectivity index (χ0) is 31.5. The smallest absolute Gasteiger partial charge is 0.328 e. The van der Waals surface area contributed by atoms with Gasteiger partial charge in [-0.25, -0.2) is 27.5 Å². The summed E-state index contributed by atoms with van der Waals surface area (Å²) in [4.78, 5) is 37.5. The van der Waals surface area contributed by atoms with Gasteiger partial charge in [-0.1, -0.05) is 24.3 Å². The molecular formula is C33H29F3N6O3. The number of nitrogens with one attached hydrogen (secondary N) is 1. The molecule has 1 aliphatic heterocycles. The summed E-state index contributed by atoms with van der Waals surface area (Å²) < 4.78 is 49.9. The van der Waals surface area contributed by atoms with E-state index in [9.17, 15) is 22.8 Å². The highest BCUT2D eigenvalue weighted by Crippen LogP contribution is 2.31. The summed E-state index contributed by atoms with van der Waals surface area (Å²) in [7, 11) is 0. The average Bonchev–Trinajstić information content (AvgIpc) is 3.39. The Bertz CT molecular complexity index is 1870. The number of primary amides is 1. The predicted molar refractivity (Wildman–Crippen MR) is 161 cm³/mol. The molecule has 2 aromatic heterocycles. The van der Waals surface area contributed by atoms with Crippen LogP contribution in [0.5, 0.6) is 0 Å². The molecule has 1 saturated heterocycles. The van der Waals surface area contributed by atoms with Crippen LogP contribution in [-0.2, 0) is 17.7 Å². The van der Waals surface area contributed by atoms with E-state index in [0.717, 1.165) is 12.1 Å². The maximum atomic E-state index is 14.4. The molecule has 2 amide bonds. The van der Waals surface area contributed by atoms with Crippen LogP contribution in [0.25, 0.3) is 22.2 Å².